The van der Waals surface area contributed by atoms with Crippen molar-refractivity contribution in [2.24, 2.45) is 0 Å². The maximum atomic E-state index is 10.1. The summed E-state index contributed by atoms with van der Waals surface area (Å²) in [6.07, 6.45) is 25.1. The van der Waals surface area contributed by atoms with Gasteiger partial charge >= 0.3 is 0 Å². The van der Waals surface area contributed by atoms with Gasteiger partial charge in [-0.1, -0.05) is 135 Å². The Morgan fingerprint density at radius 3 is 1.61 bits per heavy atom. The molecule has 244 valence electrons. The van der Waals surface area contributed by atoms with Crippen LogP contribution in [0.25, 0.3) is 0 Å². The van der Waals surface area contributed by atoms with Crippen LogP contribution in [-0.4, -0.2) is 82.1 Å². The van der Waals surface area contributed by atoms with Gasteiger partial charge in [-0.2, -0.15) is 0 Å². The Morgan fingerprint density at radius 2 is 1.15 bits per heavy atom. The number of nitrogens with one attached hydrogen (secondary N) is 1. The molecule has 1 saturated heterocycles. The molecule has 6 atom stereocenters. The monoisotopic (exact) mass is 587 g/mol. The van der Waals surface area contributed by atoms with Crippen LogP contribution in [-0.2, 0) is 9.47 Å². The van der Waals surface area contributed by atoms with Crippen LogP contribution >= 0.6 is 0 Å². The van der Waals surface area contributed by atoms with Crippen molar-refractivity contribution in [2.75, 3.05) is 19.8 Å². The Bertz CT molecular complexity index is 592. The van der Waals surface area contributed by atoms with Gasteiger partial charge in [-0.05, 0) is 19.0 Å². The Morgan fingerprint density at radius 1 is 0.683 bits per heavy atom. The number of aliphatic hydroxyl groups is 5. The quantitative estimate of drug-likeness (QED) is 0.0664. The smallest absolute Gasteiger partial charge is 0.186 e. The topological polar surface area (TPSA) is 132 Å². The van der Waals surface area contributed by atoms with Gasteiger partial charge in [0.1, 0.15) is 24.4 Å². The number of unbranched alkanes of at least 4 members (excludes halogenated alkanes) is 20. The van der Waals surface area contributed by atoms with Crippen molar-refractivity contribution in [2.45, 2.75) is 179 Å². The fourth-order valence-electron chi connectivity index (χ4n) is 5.36. The first kappa shape index (κ1) is 38.3. The van der Waals surface area contributed by atoms with Gasteiger partial charge in [0.15, 0.2) is 6.29 Å². The number of hydrogen-bond donors (Lipinski definition) is 6. The Balaban J connectivity index is 1.82. The molecule has 1 unspecified atom stereocenters. The van der Waals surface area contributed by atoms with Gasteiger partial charge in [-0.15, -0.1) is 0 Å². The molecule has 6 N–H and O–H groups in total. The highest BCUT2D eigenvalue weighted by Gasteiger charge is 2.44. The van der Waals surface area contributed by atoms with Crippen molar-refractivity contribution >= 4 is 0 Å². The molecule has 0 amide bonds. The minimum Gasteiger partial charge on any atom is -0.394 e. The maximum Gasteiger partial charge on any atom is 0.186 e. The van der Waals surface area contributed by atoms with Crippen molar-refractivity contribution in [3.8, 4) is 0 Å². The summed E-state index contributed by atoms with van der Waals surface area (Å²) >= 11 is 0. The van der Waals surface area contributed by atoms with Crippen LogP contribution in [0.2, 0.25) is 0 Å². The van der Waals surface area contributed by atoms with Crippen LogP contribution in [0.15, 0.2) is 12.3 Å². The van der Waals surface area contributed by atoms with E-state index in [-0.39, 0.29) is 13.2 Å². The molecule has 0 aromatic heterocycles. The molecular formula is C33H65NO7. The van der Waals surface area contributed by atoms with Gasteiger partial charge in [-0.3, -0.25) is 0 Å². The number of aliphatic hydroxyl groups excluding tert-OH is 5. The van der Waals surface area contributed by atoms with Crippen LogP contribution < -0.4 is 5.32 Å². The normalized spacial score (nSPS) is 23.8. The summed E-state index contributed by atoms with van der Waals surface area (Å²) in [7, 11) is 0. The number of hydrogen-bond acceptors (Lipinski definition) is 8. The average Bonchev–Trinajstić information content (AvgIpc) is 2.97. The van der Waals surface area contributed by atoms with Gasteiger partial charge < -0.3 is 40.3 Å². The van der Waals surface area contributed by atoms with Crippen LogP contribution in [0.4, 0.5) is 0 Å². The summed E-state index contributed by atoms with van der Waals surface area (Å²) < 4.78 is 10.6. The molecule has 8 heteroatoms. The van der Waals surface area contributed by atoms with E-state index in [9.17, 15) is 25.5 Å². The molecule has 0 aromatic rings. The standard InChI is InChI=1S/C33H65NO7/c1-2-3-4-5-6-7-8-9-10-11-12-13-14-15-16-17-18-19-20-21-22-23-24-34-25-28(36)27-40-33-32(39)31(38)30(37)29(26-35)41-33/h23-24,28-39H,2-22,25-27H2,1H3/t28?,29-,30+,31+,32-,33+/m1/s1. The molecule has 1 rings (SSSR count). The second-order valence-electron chi connectivity index (χ2n) is 12.0. The highest BCUT2D eigenvalue weighted by molar-refractivity contribution is 4.89. The molecule has 1 aliphatic rings. The van der Waals surface area contributed by atoms with Crippen molar-refractivity contribution < 1.29 is 35.0 Å². The lowest BCUT2D eigenvalue weighted by molar-refractivity contribution is -0.304. The van der Waals surface area contributed by atoms with Gasteiger partial charge in [-0.25, -0.2) is 0 Å². The molecule has 1 aliphatic heterocycles. The Labute approximate surface area is 250 Å². The van der Waals surface area contributed by atoms with E-state index in [0.717, 1.165) is 6.42 Å². The van der Waals surface area contributed by atoms with E-state index in [1.165, 1.54) is 128 Å². The number of ether oxygens (including phenoxy) is 2. The van der Waals surface area contributed by atoms with Gasteiger partial charge in [0, 0.05) is 6.54 Å². The summed E-state index contributed by atoms with van der Waals surface area (Å²) in [5.41, 5.74) is 0. The fraction of sp³-hybridized carbons (Fsp3) is 0.939. The highest BCUT2D eigenvalue weighted by Crippen LogP contribution is 2.22. The molecule has 1 fully saturated rings. The molecular weight excluding hydrogens is 522 g/mol. The van der Waals surface area contributed by atoms with Crippen molar-refractivity contribution in [3.05, 3.63) is 12.3 Å². The van der Waals surface area contributed by atoms with Crippen LogP contribution in [0.3, 0.4) is 0 Å². The minimum atomic E-state index is -1.49. The van der Waals surface area contributed by atoms with E-state index in [1.54, 1.807) is 0 Å². The predicted octanol–water partition coefficient (Wildman–Crippen LogP) is 5.48. The zero-order valence-electron chi connectivity index (χ0n) is 26.1. The van der Waals surface area contributed by atoms with E-state index in [1.807, 2.05) is 6.20 Å². The summed E-state index contributed by atoms with van der Waals surface area (Å²) in [4.78, 5) is 0. The number of rotatable bonds is 28. The molecule has 1 heterocycles. The van der Waals surface area contributed by atoms with Crippen molar-refractivity contribution in [3.63, 3.8) is 0 Å². The van der Waals surface area contributed by atoms with Crippen molar-refractivity contribution in [1.82, 2.24) is 5.32 Å². The highest BCUT2D eigenvalue weighted by atomic mass is 16.7. The molecule has 0 aromatic carbocycles. The largest absolute Gasteiger partial charge is 0.394 e. The zero-order valence-corrected chi connectivity index (χ0v) is 26.1. The molecule has 0 aliphatic carbocycles. The maximum absolute atomic E-state index is 10.1. The minimum absolute atomic E-state index is 0.122. The molecule has 0 saturated carbocycles. The summed E-state index contributed by atoms with van der Waals surface area (Å²) in [5, 5.41) is 51.8. The first-order valence-electron chi connectivity index (χ1n) is 17.0. The SMILES string of the molecule is CCCCCCCCCCCCCCCCCCCCCCC=CNCC(O)CO[C@H]1O[C@H](CO)[C@H](O)[C@H](O)[C@H]1O. The third kappa shape index (κ3) is 20.0. The zero-order chi connectivity index (χ0) is 30.0. The lowest BCUT2D eigenvalue weighted by Crippen LogP contribution is -2.59. The molecule has 0 spiro atoms. The molecule has 41 heavy (non-hydrogen) atoms. The first-order valence-corrected chi connectivity index (χ1v) is 17.0. The van der Waals surface area contributed by atoms with Crippen LogP contribution in [0.5, 0.6) is 0 Å². The second kappa shape index (κ2) is 26.9. The third-order valence-corrected chi connectivity index (χ3v) is 8.11. The molecule has 0 radical (unpaired) electrons. The average molecular weight is 588 g/mol. The fourth-order valence-corrected chi connectivity index (χ4v) is 5.36. The van der Waals surface area contributed by atoms with Crippen molar-refractivity contribution in [1.29, 1.82) is 0 Å². The van der Waals surface area contributed by atoms with E-state index < -0.39 is 43.4 Å². The summed E-state index contributed by atoms with van der Waals surface area (Å²) in [6.45, 7) is 1.92. The van der Waals surface area contributed by atoms with Gasteiger partial charge in [0.25, 0.3) is 0 Å². The predicted molar refractivity (Wildman–Crippen MR) is 165 cm³/mol. The number of allylic oxidation sites excluding steroid dienone is 1. The van der Waals surface area contributed by atoms with E-state index >= 15 is 0 Å². The van der Waals surface area contributed by atoms with E-state index in [4.69, 9.17) is 9.47 Å². The van der Waals surface area contributed by atoms with E-state index in [0.29, 0.717) is 0 Å². The summed E-state index contributed by atoms with van der Waals surface area (Å²) in [6, 6.07) is 0. The summed E-state index contributed by atoms with van der Waals surface area (Å²) in [5.74, 6) is 0. The Hall–Kier alpha value is -0.740. The molecule has 8 nitrogen and oxygen atoms in total. The van der Waals surface area contributed by atoms with Crippen LogP contribution in [0.1, 0.15) is 142 Å². The first-order chi connectivity index (χ1) is 20.0. The third-order valence-electron chi connectivity index (χ3n) is 8.11. The lowest BCUT2D eigenvalue weighted by Gasteiger charge is -2.39. The van der Waals surface area contributed by atoms with E-state index in [2.05, 4.69) is 18.3 Å². The van der Waals surface area contributed by atoms with Gasteiger partial charge in [0.05, 0.1) is 19.3 Å². The van der Waals surface area contributed by atoms with Crippen LogP contribution in [0, 0.1) is 0 Å². The lowest BCUT2D eigenvalue weighted by atomic mass is 9.99. The Kier molecular flexibility index (Phi) is 25.1. The molecule has 0 bridgehead atoms. The second-order valence-corrected chi connectivity index (χ2v) is 12.0. The van der Waals surface area contributed by atoms with Gasteiger partial charge in [0.2, 0.25) is 0 Å².